The molecule has 2 atom stereocenters. The van der Waals surface area contributed by atoms with E-state index in [9.17, 15) is 25.8 Å². The van der Waals surface area contributed by atoms with E-state index in [2.05, 4.69) is 62.4 Å². The third-order valence-corrected chi connectivity index (χ3v) is 11.7. The average molecular weight is 893 g/mol. The molecule has 0 saturated carbocycles. The summed E-state index contributed by atoms with van der Waals surface area (Å²) in [6.07, 6.45) is 3.23. The summed E-state index contributed by atoms with van der Waals surface area (Å²) in [6, 6.07) is 30.3. The summed E-state index contributed by atoms with van der Waals surface area (Å²) in [5.74, 6) is 0.657. The summed E-state index contributed by atoms with van der Waals surface area (Å²) in [7, 11) is 1.59. The maximum atomic E-state index is 11.7. The molecule has 4 aromatic carbocycles. The van der Waals surface area contributed by atoms with Crippen LogP contribution in [0, 0.1) is 45.3 Å². The average Bonchev–Trinajstić information content (AvgIpc) is 3.87. The van der Waals surface area contributed by atoms with E-state index in [1.54, 1.807) is 74.1 Å². The standard InChI is InChI=1S/C50H44N12O5/c1-30(63)67-29-50(3)27-58-46-37(24-54)18-35(20-39(46)50)40-9-11-55-47(59-40)61-42-15-31(21-51)5-7-33(42)25-65-28-49(2)26-57-45-36(23-53)17-34(19-38(45)49)41-10-12-56-48(60-41)62-43-16-32(22-52)6-8-44(43)66-14-13-64-4/h5-12,15-20,57-58H,13-14,25-29H2,1-4H3,(H,55,59,61)(H,56,60,62)/t49-,50?/m1/s1. The van der Waals surface area contributed by atoms with Crippen LogP contribution in [0.3, 0.4) is 0 Å². The van der Waals surface area contributed by atoms with Crippen molar-refractivity contribution in [1.82, 2.24) is 19.9 Å². The van der Waals surface area contributed by atoms with Crippen molar-refractivity contribution in [3.05, 3.63) is 124 Å². The Morgan fingerprint density at radius 1 is 0.701 bits per heavy atom. The fraction of sp³-hybridized carbons (Fsp3) is 0.260. The number of rotatable bonds is 16. The summed E-state index contributed by atoms with van der Waals surface area (Å²) in [5.41, 5.74) is 8.16. The van der Waals surface area contributed by atoms with Gasteiger partial charge in [0.2, 0.25) is 11.9 Å². The van der Waals surface area contributed by atoms with E-state index in [-0.39, 0.29) is 37.7 Å². The Morgan fingerprint density at radius 3 is 1.81 bits per heavy atom. The van der Waals surface area contributed by atoms with Gasteiger partial charge in [0.05, 0.1) is 82.7 Å². The van der Waals surface area contributed by atoms with Gasteiger partial charge in [-0.25, -0.2) is 19.9 Å². The Morgan fingerprint density at radius 2 is 1.25 bits per heavy atom. The Balaban J connectivity index is 1.01. The molecule has 8 rings (SSSR count). The second-order valence-corrected chi connectivity index (χ2v) is 16.6. The number of ether oxygens (including phenoxy) is 4. The van der Waals surface area contributed by atoms with Crippen LogP contribution in [0.2, 0.25) is 0 Å². The molecule has 0 saturated heterocycles. The van der Waals surface area contributed by atoms with Crippen LogP contribution >= 0.6 is 0 Å². The third-order valence-electron chi connectivity index (χ3n) is 11.7. The Kier molecular flexibility index (Phi) is 12.9. The summed E-state index contributed by atoms with van der Waals surface area (Å²) in [5, 5.41) is 53.0. The van der Waals surface area contributed by atoms with E-state index in [0.717, 1.165) is 22.4 Å². The largest absolute Gasteiger partial charge is 0.489 e. The molecule has 0 spiro atoms. The van der Waals surface area contributed by atoms with Crippen LogP contribution in [0.1, 0.15) is 59.7 Å². The van der Waals surface area contributed by atoms with Gasteiger partial charge in [-0.15, -0.1) is 0 Å². The van der Waals surface area contributed by atoms with Gasteiger partial charge < -0.3 is 40.2 Å². The fourth-order valence-electron chi connectivity index (χ4n) is 8.10. The first-order valence-corrected chi connectivity index (χ1v) is 21.2. The van der Waals surface area contributed by atoms with Crippen LogP contribution in [-0.4, -0.2) is 72.5 Å². The zero-order valence-electron chi connectivity index (χ0n) is 37.2. The molecule has 0 bridgehead atoms. The lowest BCUT2D eigenvalue weighted by Crippen LogP contribution is -2.31. The minimum Gasteiger partial charge on any atom is -0.489 e. The van der Waals surface area contributed by atoms with E-state index in [1.165, 1.54) is 6.92 Å². The molecule has 67 heavy (non-hydrogen) atoms. The summed E-state index contributed by atoms with van der Waals surface area (Å²) in [6.45, 7) is 7.69. The van der Waals surface area contributed by atoms with Crippen LogP contribution in [0.25, 0.3) is 22.5 Å². The molecular formula is C50H44N12O5. The highest BCUT2D eigenvalue weighted by Gasteiger charge is 2.39. The van der Waals surface area contributed by atoms with Crippen LogP contribution in [0.5, 0.6) is 5.75 Å². The van der Waals surface area contributed by atoms with Crippen molar-refractivity contribution in [3.63, 3.8) is 0 Å². The second kappa shape index (κ2) is 19.2. The SMILES string of the molecule is COCCOc1ccc(C#N)cc1Nc1nccc(-c2cc(C#N)c3c(c2)[C@@](C)(COCc2ccc(C#N)cc2Nc2nccc(-c4cc(C#N)c5c(c4)C(C)(COC(C)=O)CN5)n2)CN3)n1. The molecule has 1 unspecified atom stereocenters. The number of hydrogen-bond acceptors (Lipinski definition) is 17. The van der Waals surface area contributed by atoms with Gasteiger partial charge in [-0.2, -0.15) is 21.0 Å². The molecular weight excluding hydrogens is 849 g/mol. The zero-order valence-corrected chi connectivity index (χ0v) is 37.2. The molecule has 0 radical (unpaired) electrons. The number of methoxy groups -OCH3 is 1. The number of anilines is 6. The number of esters is 1. The highest BCUT2D eigenvalue weighted by molar-refractivity contribution is 5.78. The summed E-state index contributed by atoms with van der Waals surface area (Å²) >= 11 is 0. The highest BCUT2D eigenvalue weighted by atomic mass is 16.5. The van der Waals surface area contributed by atoms with Gasteiger partial charge in [-0.3, -0.25) is 4.79 Å². The van der Waals surface area contributed by atoms with Crippen molar-refractivity contribution in [2.45, 2.75) is 38.2 Å². The van der Waals surface area contributed by atoms with Crippen molar-refractivity contribution < 1.29 is 23.7 Å². The third kappa shape index (κ3) is 9.61. The van der Waals surface area contributed by atoms with Gasteiger partial charge >= 0.3 is 5.97 Å². The molecule has 4 N–H and O–H groups in total. The number of nitrogens with zero attached hydrogens (tertiary/aromatic N) is 8. The normalized spacial score (nSPS) is 16.4. The molecule has 17 heteroatoms. The highest BCUT2D eigenvalue weighted by Crippen LogP contribution is 2.43. The smallest absolute Gasteiger partial charge is 0.302 e. The number of hydrogen-bond donors (Lipinski definition) is 4. The van der Waals surface area contributed by atoms with Crippen molar-refractivity contribution in [2.75, 3.05) is 67.9 Å². The number of carbonyl (C=O) groups excluding carboxylic acids is 1. The topological polar surface area (TPSA) is 249 Å². The summed E-state index contributed by atoms with van der Waals surface area (Å²) < 4.78 is 22.9. The molecule has 0 fully saturated rings. The number of fused-ring (bicyclic) bond motifs is 2. The minimum absolute atomic E-state index is 0.149. The number of aromatic nitrogens is 4. The lowest BCUT2D eigenvalue weighted by atomic mass is 9.83. The van der Waals surface area contributed by atoms with Crippen LogP contribution < -0.4 is 26.0 Å². The van der Waals surface area contributed by atoms with Crippen molar-refractivity contribution in [1.29, 1.82) is 21.0 Å². The van der Waals surface area contributed by atoms with Gasteiger partial charge in [0.25, 0.3) is 0 Å². The quantitative estimate of drug-likeness (QED) is 0.0535. The minimum atomic E-state index is -0.560. The molecule has 0 amide bonds. The van der Waals surface area contributed by atoms with Gasteiger partial charge in [-0.1, -0.05) is 19.9 Å². The van der Waals surface area contributed by atoms with Gasteiger partial charge in [0.1, 0.15) is 31.1 Å². The van der Waals surface area contributed by atoms with Crippen LogP contribution in [0.4, 0.5) is 34.6 Å². The van der Waals surface area contributed by atoms with Gasteiger partial charge in [0.15, 0.2) is 0 Å². The predicted octanol–water partition coefficient (Wildman–Crippen LogP) is 7.75. The first kappa shape index (κ1) is 45.0. The molecule has 6 aromatic rings. The number of nitrogens with one attached hydrogen (secondary N) is 4. The van der Waals surface area contributed by atoms with E-state index in [1.807, 2.05) is 25.1 Å². The predicted molar refractivity (Wildman–Crippen MR) is 249 cm³/mol. The van der Waals surface area contributed by atoms with Crippen molar-refractivity contribution in [3.8, 4) is 52.5 Å². The number of benzene rings is 4. The maximum absolute atomic E-state index is 11.7. The van der Waals surface area contributed by atoms with E-state index in [0.29, 0.717) is 93.9 Å². The van der Waals surface area contributed by atoms with Crippen LogP contribution in [-0.2, 0) is 36.4 Å². The molecule has 334 valence electrons. The molecule has 4 heterocycles. The summed E-state index contributed by atoms with van der Waals surface area (Å²) in [4.78, 5) is 30.2. The number of nitriles is 4. The first-order chi connectivity index (χ1) is 32.5. The Labute approximate surface area is 387 Å². The van der Waals surface area contributed by atoms with E-state index < -0.39 is 10.8 Å². The second-order valence-electron chi connectivity index (χ2n) is 16.6. The van der Waals surface area contributed by atoms with E-state index in [4.69, 9.17) is 28.9 Å². The molecule has 2 aliphatic heterocycles. The Hall–Kier alpha value is -8.61. The lowest BCUT2D eigenvalue weighted by Gasteiger charge is -2.25. The van der Waals surface area contributed by atoms with Crippen LogP contribution in [0.15, 0.2) is 85.2 Å². The molecule has 2 aliphatic rings. The molecule has 17 nitrogen and oxygen atoms in total. The maximum Gasteiger partial charge on any atom is 0.302 e. The van der Waals surface area contributed by atoms with E-state index >= 15 is 0 Å². The van der Waals surface area contributed by atoms with Crippen molar-refractivity contribution in [2.24, 2.45) is 0 Å². The molecule has 0 aliphatic carbocycles. The van der Waals surface area contributed by atoms with Crippen molar-refractivity contribution >= 4 is 40.6 Å². The van der Waals surface area contributed by atoms with Gasteiger partial charge in [0, 0.05) is 72.7 Å². The van der Waals surface area contributed by atoms with Gasteiger partial charge in [-0.05, 0) is 77.9 Å². The Bertz CT molecular complexity index is 3080. The lowest BCUT2D eigenvalue weighted by molar-refractivity contribution is -0.142. The molecule has 2 aromatic heterocycles. The number of carbonyl (C=O) groups is 1. The monoisotopic (exact) mass is 892 g/mol. The zero-order chi connectivity index (χ0) is 47.1. The fourth-order valence-corrected chi connectivity index (χ4v) is 8.10. The first-order valence-electron chi connectivity index (χ1n) is 21.2.